The SMILES string of the molecule is CC(C)NCc1cc(N(C)C2CCS(=O)(=O)C2)ncc1Cl. The number of sulfone groups is 1. The topological polar surface area (TPSA) is 62.3 Å². The lowest BCUT2D eigenvalue weighted by Gasteiger charge is -2.25. The summed E-state index contributed by atoms with van der Waals surface area (Å²) in [6, 6.07) is 2.30. The van der Waals surface area contributed by atoms with Crippen LogP contribution >= 0.6 is 11.6 Å². The predicted molar refractivity (Wildman–Crippen MR) is 86.7 cm³/mol. The van der Waals surface area contributed by atoms with Crippen molar-refractivity contribution in [3.05, 3.63) is 22.8 Å². The Morgan fingerprint density at radius 1 is 1.52 bits per heavy atom. The minimum atomic E-state index is -2.90. The van der Waals surface area contributed by atoms with Crippen LogP contribution in [0.4, 0.5) is 5.82 Å². The predicted octanol–water partition coefficient (Wildman–Crippen LogP) is 1.86. The minimum absolute atomic E-state index is 0.00502. The lowest BCUT2D eigenvalue weighted by molar-refractivity contribution is 0.588. The molecule has 1 N–H and O–H groups in total. The molecule has 1 aromatic rings. The molecule has 0 aliphatic carbocycles. The second-order valence-electron chi connectivity index (χ2n) is 5.84. The Balaban J connectivity index is 2.14. The summed E-state index contributed by atoms with van der Waals surface area (Å²) in [5.41, 5.74) is 0.975. The van der Waals surface area contributed by atoms with Crippen LogP contribution in [-0.2, 0) is 16.4 Å². The third-order valence-corrected chi connectivity index (χ3v) is 5.83. The molecule has 1 unspecified atom stereocenters. The molecule has 1 saturated heterocycles. The smallest absolute Gasteiger partial charge is 0.152 e. The van der Waals surface area contributed by atoms with Crippen molar-refractivity contribution in [1.82, 2.24) is 10.3 Å². The van der Waals surface area contributed by atoms with Crippen LogP contribution in [0.25, 0.3) is 0 Å². The van der Waals surface area contributed by atoms with E-state index in [1.54, 1.807) is 6.20 Å². The number of rotatable bonds is 5. The number of halogens is 1. The van der Waals surface area contributed by atoms with E-state index >= 15 is 0 Å². The molecule has 21 heavy (non-hydrogen) atoms. The molecular weight excluding hydrogens is 310 g/mol. The van der Waals surface area contributed by atoms with E-state index in [9.17, 15) is 8.42 Å². The summed E-state index contributed by atoms with van der Waals surface area (Å²) >= 11 is 6.17. The highest BCUT2D eigenvalue weighted by atomic mass is 35.5. The number of hydrogen-bond donors (Lipinski definition) is 1. The zero-order chi connectivity index (χ0) is 15.6. The summed E-state index contributed by atoms with van der Waals surface area (Å²) in [7, 11) is -1.01. The molecular formula is C14H22ClN3O2S. The fraction of sp³-hybridized carbons (Fsp3) is 0.643. The molecule has 1 aliphatic heterocycles. The van der Waals surface area contributed by atoms with Gasteiger partial charge in [0.2, 0.25) is 0 Å². The molecule has 0 saturated carbocycles. The van der Waals surface area contributed by atoms with Gasteiger partial charge in [0, 0.05) is 31.9 Å². The molecule has 5 nitrogen and oxygen atoms in total. The highest BCUT2D eigenvalue weighted by Crippen LogP contribution is 2.24. The number of hydrogen-bond acceptors (Lipinski definition) is 5. The molecule has 118 valence electrons. The lowest BCUT2D eigenvalue weighted by Crippen LogP contribution is -2.33. The minimum Gasteiger partial charge on any atom is -0.356 e. The van der Waals surface area contributed by atoms with Crippen LogP contribution in [-0.4, -0.2) is 44.0 Å². The van der Waals surface area contributed by atoms with Gasteiger partial charge >= 0.3 is 0 Å². The first kappa shape index (κ1) is 16.5. The lowest BCUT2D eigenvalue weighted by atomic mass is 10.2. The summed E-state index contributed by atoms with van der Waals surface area (Å²) in [5, 5.41) is 3.95. The molecule has 7 heteroatoms. The van der Waals surface area contributed by atoms with E-state index in [1.807, 2.05) is 18.0 Å². The van der Waals surface area contributed by atoms with E-state index in [4.69, 9.17) is 11.6 Å². The average Bonchev–Trinajstić information content (AvgIpc) is 2.77. The van der Waals surface area contributed by atoms with Gasteiger partial charge < -0.3 is 10.2 Å². The third kappa shape index (κ3) is 4.31. The third-order valence-electron chi connectivity index (χ3n) is 3.74. The van der Waals surface area contributed by atoms with Crippen LogP contribution in [0.15, 0.2) is 12.3 Å². The van der Waals surface area contributed by atoms with Crippen molar-refractivity contribution in [3.8, 4) is 0 Å². The largest absolute Gasteiger partial charge is 0.356 e. The average molecular weight is 332 g/mol. The molecule has 0 radical (unpaired) electrons. The Morgan fingerprint density at radius 3 is 2.81 bits per heavy atom. The van der Waals surface area contributed by atoms with Crippen LogP contribution in [0, 0.1) is 0 Å². The van der Waals surface area contributed by atoms with Crippen molar-refractivity contribution in [2.45, 2.75) is 38.9 Å². The van der Waals surface area contributed by atoms with Gasteiger partial charge in [-0.15, -0.1) is 0 Å². The Labute approximate surface area is 131 Å². The first-order valence-electron chi connectivity index (χ1n) is 7.09. The van der Waals surface area contributed by atoms with Gasteiger partial charge in [0.1, 0.15) is 5.82 Å². The summed E-state index contributed by atoms with van der Waals surface area (Å²) in [6.07, 6.45) is 2.29. The van der Waals surface area contributed by atoms with E-state index in [0.717, 1.165) is 11.4 Å². The number of nitrogens with one attached hydrogen (secondary N) is 1. The van der Waals surface area contributed by atoms with Crippen molar-refractivity contribution in [2.24, 2.45) is 0 Å². The summed E-state index contributed by atoms with van der Waals surface area (Å²) in [4.78, 5) is 6.27. The van der Waals surface area contributed by atoms with Gasteiger partial charge in [0.05, 0.1) is 16.5 Å². The Morgan fingerprint density at radius 2 is 2.24 bits per heavy atom. The first-order chi connectivity index (χ1) is 9.78. The van der Waals surface area contributed by atoms with Crippen LogP contribution in [0.5, 0.6) is 0 Å². The van der Waals surface area contributed by atoms with Gasteiger partial charge in [-0.05, 0) is 18.1 Å². The summed E-state index contributed by atoms with van der Waals surface area (Å²) < 4.78 is 23.2. The van der Waals surface area contributed by atoms with E-state index in [2.05, 4.69) is 24.1 Å². The fourth-order valence-corrected chi connectivity index (χ4v) is 4.32. The fourth-order valence-electron chi connectivity index (χ4n) is 2.38. The number of pyridine rings is 1. The zero-order valence-electron chi connectivity index (χ0n) is 12.6. The van der Waals surface area contributed by atoms with Crippen molar-refractivity contribution in [2.75, 3.05) is 23.5 Å². The molecule has 2 heterocycles. The molecule has 0 bridgehead atoms. The van der Waals surface area contributed by atoms with Crippen molar-refractivity contribution in [3.63, 3.8) is 0 Å². The second kappa shape index (κ2) is 6.50. The maximum atomic E-state index is 11.6. The molecule has 1 aromatic heterocycles. The Hall–Kier alpha value is -0.850. The van der Waals surface area contributed by atoms with E-state index < -0.39 is 9.84 Å². The number of aromatic nitrogens is 1. The maximum Gasteiger partial charge on any atom is 0.152 e. The Bertz CT molecular complexity index is 604. The normalized spacial score (nSPS) is 20.9. The van der Waals surface area contributed by atoms with Gasteiger partial charge in [0.25, 0.3) is 0 Å². The first-order valence-corrected chi connectivity index (χ1v) is 9.29. The Kier molecular flexibility index (Phi) is 5.11. The van der Waals surface area contributed by atoms with Crippen LogP contribution < -0.4 is 10.2 Å². The van der Waals surface area contributed by atoms with Gasteiger partial charge in [-0.2, -0.15) is 0 Å². The molecule has 0 aromatic carbocycles. The van der Waals surface area contributed by atoms with Gasteiger partial charge in [-0.3, -0.25) is 0 Å². The van der Waals surface area contributed by atoms with Crippen LogP contribution in [0.1, 0.15) is 25.8 Å². The van der Waals surface area contributed by atoms with Crippen molar-refractivity contribution >= 4 is 27.3 Å². The maximum absolute atomic E-state index is 11.6. The number of nitrogens with zero attached hydrogens (tertiary/aromatic N) is 2. The van der Waals surface area contributed by atoms with Crippen molar-refractivity contribution in [1.29, 1.82) is 0 Å². The van der Waals surface area contributed by atoms with E-state index in [0.29, 0.717) is 24.0 Å². The standard InChI is InChI=1S/C14H22ClN3O2S/c1-10(2)16-7-11-6-14(17-8-13(11)15)18(3)12-4-5-21(19,20)9-12/h6,8,10,12,16H,4-5,7,9H2,1-3H3. The van der Waals surface area contributed by atoms with Crippen LogP contribution in [0.3, 0.4) is 0 Å². The zero-order valence-corrected chi connectivity index (χ0v) is 14.2. The number of anilines is 1. The quantitative estimate of drug-likeness (QED) is 0.892. The van der Waals surface area contributed by atoms with Crippen molar-refractivity contribution < 1.29 is 8.42 Å². The van der Waals surface area contributed by atoms with Gasteiger partial charge in [-0.25, -0.2) is 13.4 Å². The van der Waals surface area contributed by atoms with Crippen LogP contribution in [0.2, 0.25) is 5.02 Å². The second-order valence-corrected chi connectivity index (χ2v) is 8.47. The summed E-state index contributed by atoms with van der Waals surface area (Å²) in [6.45, 7) is 4.82. The van der Waals surface area contributed by atoms with Gasteiger partial charge in [-0.1, -0.05) is 25.4 Å². The van der Waals surface area contributed by atoms with Gasteiger partial charge in [0.15, 0.2) is 9.84 Å². The molecule has 1 atom stereocenters. The van der Waals surface area contributed by atoms with E-state index in [1.165, 1.54) is 0 Å². The monoisotopic (exact) mass is 331 g/mol. The molecule has 1 fully saturated rings. The molecule has 0 spiro atoms. The highest BCUT2D eigenvalue weighted by Gasteiger charge is 2.31. The summed E-state index contributed by atoms with van der Waals surface area (Å²) in [5.74, 6) is 1.23. The molecule has 2 rings (SSSR count). The molecule has 0 amide bonds. The highest BCUT2D eigenvalue weighted by molar-refractivity contribution is 7.91. The van der Waals surface area contributed by atoms with E-state index in [-0.39, 0.29) is 17.5 Å². The molecule has 1 aliphatic rings.